The van der Waals surface area contributed by atoms with E-state index in [1.165, 1.54) is 12.1 Å². The fraction of sp³-hybridized carbons (Fsp3) is 0. The van der Waals surface area contributed by atoms with Crippen molar-refractivity contribution in [3.8, 4) is 11.4 Å². The van der Waals surface area contributed by atoms with Gasteiger partial charge in [-0.05, 0) is 42.5 Å². The summed E-state index contributed by atoms with van der Waals surface area (Å²) in [7, 11) is -3.79. The minimum atomic E-state index is -3.79. The smallest absolute Gasteiger partial charge is 0.238 e. The molecule has 0 atom stereocenters. The number of sulfonamides is 1. The molecule has 0 saturated heterocycles. The lowest BCUT2D eigenvalue weighted by Crippen LogP contribution is -2.11. The minimum absolute atomic E-state index is 0.00181. The van der Waals surface area contributed by atoms with Gasteiger partial charge in [0.15, 0.2) is 5.78 Å². The van der Waals surface area contributed by atoms with Gasteiger partial charge >= 0.3 is 0 Å². The van der Waals surface area contributed by atoms with Crippen LogP contribution in [0.4, 0.5) is 0 Å². The maximum Gasteiger partial charge on any atom is 0.238 e. The van der Waals surface area contributed by atoms with Gasteiger partial charge < -0.3 is 4.98 Å². The molecule has 4 rings (SSSR count). The Morgan fingerprint density at radius 1 is 0.929 bits per heavy atom. The normalized spacial score (nSPS) is 11.6. The van der Waals surface area contributed by atoms with Gasteiger partial charge in [0.2, 0.25) is 10.0 Å². The summed E-state index contributed by atoms with van der Waals surface area (Å²) in [6.07, 6.45) is 0. The monoisotopic (exact) mass is 411 g/mol. The number of nitrogens with two attached hydrogens (primary N) is 1. The Morgan fingerprint density at radius 3 is 2.14 bits per heavy atom. The first-order chi connectivity index (χ1) is 13.3. The van der Waals surface area contributed by atoms with Gasteiger partial charge in [-0.1, -0.05) is 35.9 Å². The summed E-state index contributed by atoms with van der Waals surface area (Å²) in [6.45, 7) is 0. The van der Waals surface area contributed by atoms with Gasteiger partial charge in [0.1, 0.15) is 5.82 Å². The van der Waals surface area contributed by atoms with Crippen LogP contribution in [0.5, 0.6) is 0 Å². The van der Waals surface area contributed by atoms with Crippen molar-refractivity contribution >= 4 is 38.4 Å². The Morgan fingerprint density at radius 2 is 1.54 bits per heavy atom. The number of nitrogens with one attached hydrogen (secondary N) is 1. The summed E-state index contributed by atoms with van der Waals surface area (Å²) in [5, 5.41) is 5.73. The molecule has 3 aromatic carbocycles. The van der Waals surface area contributed by atoms with E-state index in [0.717, 1.165) is 5.56 Å². The number of primary sulfonamides is 1. The number of aromatic amines is 1. The van der Waals surface area contributed by atoms with Crippen LogP contribution in [0.15, 0.2) is 71.6 Å². The van der Waals surface area contributed by atoms with Crippen LogP contribution in [0.2, 0.25) is 5.02 Å². The molecule has 0 aliphatic heterocycles. The molecule has 6 nitrogen and oxygen atoms in total. The minimum Gasteiger partial charge on any atom is -0.338 e. The summed E-state index contributed by atoms with van der Waals surface area (Å²) >= 11 is 5.86. The largest absolute Gasteiger partial charge is 0.338 e. The Balaban J connectivity index is 1.65. The van der Waals surface area contributed by atoms with Gasteiger partial charge in [0, 0.05) is 21.7 Å². The number of benzene rings is 3. The average Bonchev–Trinajstić information content (AvgIpc) is 3.11. The predicted octanol–water partition coefficient (Wildman–Crippen LogP) is 3.76. The van der Waals surface area contributed by atoms with Crippen LogP contribution < -0.4 is 5.14 Å². The Bertz CT molecular complexity index is 1300. The van der Waals surface area contributed by atoms with Crippen molar-refractivity contribution in [2.75, 3.05) is 0 Å². The standard InChI is InChI=1S/C20H14ClN3O3S/c21-15-7-5-13(6-8-15)19(25)12-1-3-14(4-2-12)20-23-17-10-9-16(28(22,26)27)11-18(17)24-20/h1-11H,(H,23,24)(H2,22,26,27). The second-order valence-corrected chi connectivity index (χ2v) is 8.22. The van der Waals surface area contributed by atoms with E-state index in [0.29, 0.717) is 33.0 Å². The van der Waals surface area contributed by atoms with Crippen LogP contribution >= 0.6 is 11.6 Å². The van der Waals surface area contributed by atoms with Crippen LogP contribution in [0.25, 0.3) is 22.4 Å². The van der Waals surface area contributed by atoms with Crippen LogP contribution in [0.1, 0.15) is 15.9 Å². The first-order valence-electron chi connectivity index (χ1n) is 8.24. The third-order valence-corrected chi connectivity index (χ3v) is 5.47. The molecule has 0 amide bonds. The number of halogens is 1. The van der Waals surface area contributed by atoms with E-state index in [2.05, 4.69) is 9.97 Å². The van der Waals surface area contributed by atoms with Gasteiger partial charge in [-0.25, -0.2) is 18.5 Å². The molecule has 0 spiro atoms. The van der Waals surface area contributed by atoms with Crippen molar-refractivity contribution < 1.29 is 13.2 Å². The van der Waals surface area contributed by atoms with E-state index in [-0.39, 0.29) is 10.7 Å². The first-order valence-corrected chi connectivity index (χ1v) is 10.2. The van der Waals surface area contributed by atoms with E-state index in [4.69, 9.17) is 16.7 Å². The second-order valence-electron chi connectivity index (χ2n) is 6.22. The molecule has 0 radical (unpaired) electrons. The molecule has 0 bridgehead atoms. The molecule has 1 heterocycles. The molecule has 4 aromatic rings. The van der Waals surface area contributed by atoms with Crippen molar-refractivity contribution in [1.82, 2.24) is 9.97 Å². The van der Waals surface area contributed by atoms with Gasteiger partial charge in [-0.15, -0.1) is 0 Å². The Hall–Kier alpha value is -3.00. The average molecular weight is 412 g/mol. The highest BCUT2D eigenvalue weighted by molar-refractivity contribution is 7.89. The summed E-state index contributed by atoms with van der Waals surface area (Å²) in [6, 6.07) is 18.2. The number of ketones is 1. The second kappa shape index (κ2) is 6.87. The highest BCUT2D eigenvalue weighted by atomic mass is 35.5. The van der Waals surface area contributed by atoms with Crippen molar-refractivity contribution in [2.45, 2.75) is 4.90 Å². The predicted molar refractivity (Wildman–Crippen MR) is 108 cm³/mol. The molecular formula is C20H14ClN3O3S. The third kappa shape index (κ3) is 3.55. The zero-order chi connectivity index (χ0) is 19.9. The molecular weight excluding hydrogens is 398 g/mol. The van der Waals surface area contributed by atoms with E-state index in [1.54, 1.807) is 54.6 Å². The van der Waals surface area contributed by atoms with E-state index < -0.39 is 10.0 Å². The van der Waals surface area contributed by atoms with Crippen LogP contribution in [0, 0.1) is 0 Å². The molecule has 0 aliphatic carbocycles. The van der Waals surface area contributed by atoms with Crippen molar-refractivity contribution in [1.29, 1.82) is 0 Å². The fourth-order valence-electron chi connectivity index (χ4n) is 2.85. The van der Waals surface area contributed by atoms with E-state index in [1.807, 2.05) is 0 Å². The number of H-pyrrole nitrogens is 1. The zero-order valence-corrected chi connectivity index (χ0v) is 16.0. The first kappa shape index (κ1) is 18.4. The van der Waals surface area contributed by atoms with Crippen molar-refractivity contribution in [3.63, 3.8) is 0 Å². The molecule has 8 heteroatoms. The number of imidazole rings is 1. The lowest BCUT2D eigenvalue weighted by atomic mass is 10.0. The number of rotatable bonds is 4. The molecule has 3 N–H and O–H groups in total. The lowest BCUT2D eigenvalue weighted by Gasteiger charge is -2.03. The van der Waals surface area contributed by atoms with Gasteiger partial charge in [0.25, 0.3) is 0 Å². The van der Waals surface area contributed by atoms with Gasteiger partial charge in [-0.2, -0.15) is 0 Å². The van der Waals surface area contributed by atoms with Crippen LogP contribution in [-0.4, -0.2) is 24.2 Å². The maximum absolute atomic E-state index is 12.5. The molecule has 0 fully saturated rings. The Labute approximate surface area is 166 Å². The molecule has 140 valence electrons. The van der Waals surface area contributed by atoms with Crippen LogP contribution in [0.3, 0.4) is 0 Å². The molecule has 0 aliphatic rings. The summed E-state index contributed by atoms with van der Waals surface area (Å²) in [4.78, 5) is 20.1. The number of hydrogen-bond acceptors (Lipinski definition) is 4. The number of carbonyl (C=O) groups excluding carboxylic acids is 1. The van der Waals surface area contributed by atoms with E-state index >= 15 is 0 Å². The number of hydrogen-bond donors (Lipinski definition) is 2. The molecule has 0 saturated carbocycles. The topological polar surface area (TPSA) is 106 Å². The quantitative estimate of drug-likeness (QED) is 0.498. The fourth-order valence-corrected chi connectivity index (χ4v) is 3.51. The summed E-state index contributed by atoms with van der Waals surface area (Å²) in [5.41, 5.74) is 3.03. The third-order valence-electron chi connectivity index (χ3n) is 4.31. The highest BCUT2D eigenvalue weighted by Gasteiger charge is 2.13. The summed E-state index contributed by atoms with van der Waals surface area (Å²) in [5.74, 6) is 0.456. The zero-order valence-electron chi connectivity index (χ0n) is 14.4. The number of nitrogens with zero attached hydrogens (tertiary/aromatic N) is 1. The number of carbonyl (C=O) groups is 1. The maximum atomic E-state index is 12.5. The van der Waals surface area contributed by atoms with Crippen LogP contribution in [-0.2, 0) is 10.0 Å². The van der Waals surface area contributed by atoms with Crippen molar-refractivity contribution in [3.05, 3.63) is 82.9 Å². The highest BCUT2D eigenvalue weighted by Crippen LogP contribution is 2.23. The number of fused-ring (bicyclic) bond motifs is 1. The number of aromatic nitrogens is 2. The molecule has 0 unspecified atom stereocenters. The van der Waals surface area contributed by atoms with Gasteiger partial charge in [0.05, 0.1) is 15.9 Å². The lowest BCUT2D eigenvalue weighted by molar-refractivity contribution is 0.103. The van der Waals surface area contributed by atoms with Crippen molar-refractivity contribution in [2.24, 2.45) is 5.14 Å². The van der Waals surface area contributed by atoms with Gasteiger partial charge in [-0.3, -0.25) is 4.79 Å². The molecule has 1 aromatic heterocycles. The SMILES string of the molecule is NS(=O)(=O)c1ccc2[nH]c(-c3ccc(C(=O)c4ccc(Cl)cc4)cc3)nc2c1. The summed E-state index contributed by atoms with van der Waals surface area (Å²) < 4.78 is 23.0. The molecule has 28 heavy (non-hydrogen) atoms. The van der Waals surface area contributed by atoms with E-state index in [9.17, 15) is 13.2 Å². The Kier molecular flexibility index (Phi) is 4.50.